The number of benzene rings is 1. The highest BCUT2D eigenvalue weighted by molar-refractivity contribution is 6.05. The normalized spacial score (nSPS) is 18.8. The van der Waals surface area contributed by atoms with Gasteiger partial charge < -0.3 is 19.4 Å². The van der Waals surface area contributed by atoms with Crippen molar-refractivity contribution in [3.05, 3.63) is 63.7 Å². The zero-order valence-corrected chi connectivity index (χ0v) is 21.5. The average Bonchev–Trinajstić information content (AvgIpc) is 3.01. The molecule has 10 nitrogen and oxygen atoms in total. The predicted molar refractivity (Wildman–Crippen MR) is 136 cm³/mol. The molecule has 1 aromatic heterocycles. The second kappa shape index (κ2) is 11.2. The molecule has 3 heterocycles. The van der Waals surface area contributed by atoms with Crippen LogP contribution in [0.15, 0.2) is 45.8 Å². The lowest BCUT2D eigenvalue weighted by Gasteiger charge is -2.22. The first kappa shape index (κ1) is 26.4. The minimum absolute atomic E-state index is 0.0609. The summed E-state index contributed by atoms with van der Waals surface area (Å²) in [5.74, 6) is 0.0392. The Bertz CT molecular complexity index is 1200. The van der Waals surface area contributed by atoms with Crippen molar-refractivity contribution in [2.24, 2.45) is 0 Å². The first-order valence-electron chi connectivity index (χ1n) is 12.5. The lowest BCUT2D eigenvalue weighted by Crippen LogP contribution is -2.40. The summed E-state index contributed by atoms with van der Waals surface area (Å²) in [6.45, 7) is 9.57. The second-order valence-corrected chi connectivity index (χ2v) is 10.5. The van der Waals surface area contributed by atoms with Crippen LogP contribution in [-0.4, -0.2) is 59.9 Å². The van der Waals surface area contributed by atoms with Gasteiger partial charge in [0.05, 0.1) is 13.0 Å². The van der Waals surface area contributed by atoms with E-state index in [0.717, 1.165) is 18.5 Å². The predicted octanol–water partition coefficient (Wildman–Crippen LogP) is 2.15. The lowest BCUT2D eigenvalue weighted by molar-refractivity contribution is -0.133. The molecule has 0 spiro atoms. The van der Waals surface area contributed by atoms with Gasteiger partial charge in [0.1, 0.15) is 24.7 Å². The van der Waals surface area contributed by atoms with Crippen LogP contribution in [0, 0.1) is 0 Å². The number of amides is 4. The molecule has 0 bridgehead atoms. The van der Waals surface area contributed by atoms with Crippen molar-refractivity contribution in [3.8, 4) is 5.75 Å². The summed E-state index contributed by atoms with van der Waals surface area (Å²) >= 11 is 0. The Morgan fingerprint density at radius 1 is 1.08 bits per heavy atom. The first-order valence-corrected chi connectivity index (χ1v) is 12.5. The van der Waals surface area contributed by atoms with Gasteiger partial charge in [0.2, 0.25) is 17.1 Å². The summed E-state index contributed by atoms with van der Waals surface area (Å²) in [6, 6.07) is 8.21. The molecular formula is C27H34N4O6. The number of nitrogens with zero attached hydrogens (tertiary/aromatic N) is 2. The van der Waals surface area contributed by atoms with E-state index in [1.54, 1.807) is 4.90 Å². The van der Waals surface area contributed by atoms with Crippen LogP contribution in [0.25, 0.3) is 0 Å². The number of imide groups is 1. The fourth-order valence-corrected chi connectivity index (χ4v) is 4.39. The largest absolute Gasteiger partial charge is 0.482 e. The molecule has 4 amide bonds. The Kier molecular flexibility index (Phi) is 7.97. The molecule has 1 unspecified atom stereocenters. The van der Waals surface area contributed by atoms with E-state index in [9.17, 15) is 19.2 Å². The van der Waals surface area contributed by atoms with Crippen molar-refractivity contribution < 1.29 is 23.5 Å². The van der Waals surface area contributed by atoms with Crippen LogP contribution in [0.5, 0.6) is 5.75 Å². The van der Waals surface area contributed by atoms with Crippen LogP contribution < -0.4 is 20.8 Å². The number of hydrogen-bond acceptors (Lipinski definition) is 7. The SMILES string of the molecule is CC(C)(C)c1ccc(COc2coc(CN3CCCN(C(=O)CC4NC(=O)NC4=O)CC3)cc2=O)cc1. The molecule has 1 aromatic carbocycles. The summed E-state index contributed by atoms with van der Waals surface area (Å²) < 4.78 is 11.4. The monoisotopic (exact) mass is 510 g/mol. The standard InChI is InChI=1S/C27H34N4O6/c1-27(2,3)19-7-5-18(6-8-19)16-37-23-17-36-20(13-22(23)32)15-30-9-4-10-31(12-11-30)24(33)14-21-25(34)29-26(35)28-21/h5-8,13,17,21H,4,9-12,14-16H2,1-3H3,(H2,28,29,34,35). The van der Waals surface area contributed by atoms with E-state index in [0.29, 0.717) is 31.9 Å². The molecule has 4 rings (SSSR count). The molecule has 2 saturated heterocycles. The molecule has 2 aliphatic heterocycles. The van der Waals surface area contributed by atoms with Gasteiger partial charge in [-0.2, -0.15) is 0 Å². The number of carbonyl (C=O) groups excluding carboxylic acids is 3. The van der Waals surface area contributed by atoms with E-state index >= 15 is 0 Å². The minimum Gasteiger partial charge on any atom is -0.482 e. The van der Waals surface area contributed by atoms with Crippen LogP contribution >= 0.6 is 0 Å². The molecule has 0 aliphatic carbocycles. The van der Waals surface area contributed by atoms with Gasteiger partial charge in [-0.05, 0) is 23.0 Å². The Morgan fingerprint density at radius 3 is 2.49 bits per heavy atom. The molecule has 2 aliphatic rings. The smallest absolute Gasteiger partial charge is 0.322 e. The number of urea groups is 1. The summed E-state index contributed by atoms with van der Waals surface area (Å²) in [5.41, 5.74) is 2.03. The summed E-state index contributed by atoms with van der Waals surface area (Å²) in [4.78, 5) is 52.0. The molecule has 2 fully saturated rings. The average molecular weight is 511 g/mol. The maximum Gasteiger partial charge on any atom is 0.322 e. The fraction of sp³-hybridized carbons (Fsp3) is 0.481. The van der Waals surface area contributed by atoms with Gasteiger partial charge in [0.25, 0.3) is 5.91 Å². The van der Waals surface area contributed by atoms with Gasteiger partial charge >= 0.3 is 6.03 Å². The Hall–Kier alpha value is -3.66. The molecule has 0 radical (unpaired) electrons. The highest BCUT2D eigenvalue weighted by Crippen LogP contribution is 2.22. The van der Waals surface area contributed by atoms with E-state index in [1.165, 1.54) is 17.9 Å². The maximum atomic E-state index is 12.6. The van der Waals surface area contributed by atoms with Crippen molar-refractivity contribution in [2.75, 3.05) is 26.2 Å². The molecule has 37 heavy (non-hydrogen) atoms. The second-order valence-electron chi connectivity index (χ2n) is 10.5. The van der Waals surface area contributed by atoms with Crippen LogP contribution in [0.4, 0.5) is 4.79 Å². The van der Waals surface area contributed by atoms with Crippen molar-refractivity contribution >= 4 is 17.8 Å². The van der Waals surface area contributed by atoms with Crippen molar-refractivity contribution in [1.29, 1.82) is 0 Å². The third kappa shape index (κ3) is 6.97. The topological polar surface area (TPSA) is 121 Å². The number of hydrogen-bond donors (Lipinski definition) is 2. The molecule has 0 saturated carbocycles. The lowest BCUT2D eigenvalue weighted by atomic mass is 9.87. The minimum atomic E-state index is -0.822. The van der Waals surface area contributed by atoms with E-state index in [2.05, 4.69) is 48.4 Å². The highest BCUT2D eigenvalue weighted by Gasteiger charge is 2.33. The zero-order chi connectivity index (χ0) is 26.6. The summed E-state index contributed by atoms with van der Waals surface area (Å²) in [6.07, 6.45) is 2.04. The molecular weight excluding hydrogens is 476 g/mol. The first-order chi connectivity index (χ1) is 17.6. The Labute approximate surface area is 215 Å². The van der Waals surface area contributed by atoms with Crippen molar-refractivity contribution in [3.63, 3.8) is 0 Å². The Balaban J connectivity index is 1.27. The van der Waals surface area contributed by atoms with Gasteiger partial charge in [0.15, 0.2) is 0 Å². The molecule has 10 heteroatoms. The molecule has 1 atom stereocenters. The van der Waals surface area contributed by atoms with Crippen molar-refractivity contribution in [2.45, 2.75) is 58.2 Å². The molecule has 2 N–H and O–H groups in total. The number of carbonyl (C=O) groups is 3. The van der Waals surface area contributed by atoms with Crippen LogP contribution in [0.2, 0.25) is 0 Å². The number of nitrogens with one attached hydrogen (secondary N) is 2. The zero-order valence-electron chi connectivity index (χ0n) is 21.5. The van der Waals surface area contributed by atoms with E-state index in [1.807, 2.05) is 12.1 Å². The number of rotatable bonds is 7. The van der Waals surface area contributed by atoms with E-state index < -0.39 is 18.0 Å². The fourth-order valence-electron chi connectivity index (χ4n) is 4.39. The van der Waals surface area contributed by atoms with Gasteiger partial charge in [-0.1, -0.05) is 45.0 Å². The Morgan fingerprint density at radius 2 is 1.84 bits per heavy atom. The van der Waals surface area contributed by atoms with Gasteiger partial charge in [0, 0.05) is 32.2 Å². The van der Waals surface area contributed by atoms with Crippen LogP contribution in [0.1, 0.15) is 50.5 Å². The van der Waals surface area contributed by atoms with E-state index in [4.69, 9.17) is 9.15 Å². The molecule has 2 aromatic rings. The molecule has 198 valence electrons. The van der Waals surface area contributed by atoms with Gasteiger partial charge in [-0.3, -0.25) is 24.6 Å². The summed E-state index contributed by atoms with van der Waals surface area (Å²) in [5, 5.41) is 4.60. The number of ether oxygens (including phenoxy) is 1. The van der Waals surface area contributed by atoms with Crippen LogP contribution in [-0.2, 0) is 28.2 Å². The van der Waals surface area contributed by atoms with Crippen LogP contribution in [0.3, 0.4) is 0 Å². The van der Waals surface area contributed by atoms with E-state index in [-0.39, 0.29) is 35.5 Å². The van der Waals surface area contributed by atoms with Crippen molar-refractivity contribution in [1.82, 2.24) is 20.4 Å². The maximum absolute atomic E-state index is 12.6. The third-order valence-corrected chi connectivity index (χ3v) is 6.62. The highest BCUT2D eigenvalue weighted by atomic mass is 16.5. The quantitative estimate of drug-likeness (QED) is 0.548. The van der Waals surface area contributed by atoms with Gasteiger partial charge in [-0.25, -0.2) is 4.79 Å². The van der Waals surface area contributed by atoms with Gasteiger partial charge in [-0.15, -0.1) is 0 Å². The third-order valence-electron chi connectivity index (χ3n) is 6.62. The summed E-state index contributed by atoms with van der Waals surface area (Å²) in [7, 11) is 0.